The van der Waals surface area contributed by atoms with Gasteiger partial charge in [0.05, 0.1) is 13.3 Å². The van der Waals surface area contributed by atoms with Crippen LogP contribution in [-0.4, -0.2) is 25.2 Å². The summed E-state index contributed by atoms with van der Waals surface area (Å²) in [6, 6.07) is 10.7. The highest BCUT2D eigenvalue weighted by atomic mass is 19.1. The number of pyridine rings is 1. The minimum Gasteiger partial charge on any atom is -0.497 e. The number of aromatic nitrogens is 1. The van der Waals surface area contributed by atoms with Crippen molar-refractivity contribution >= 4 is 11.5 Å². The van der Waals surface area contributed by atoms with Gasteiger partial charge in [0.15, 0.2) is 0 Å². The molecule has 0 saturated carbocycles. The highest BCUT2D eigenvalue weighted by molar-refractivity contribution is 5.61. The molecule has 1 aromatic carbocycles. The molecule has 0 radical (unpaired) electrons. The van der Waals surface area contributed by atoms with Crippen molar-refractivity contribution in [3.05, 3.63) is 48.4 Å². The van der Waals surface area contributed by atoms with Crippen molar-refractivity contribution in [1.29, 1.82) is 0 Å². The Morgan fingerprint density at radius 3 is 2.80 bits per heavy atom. The molecule has 0 aliphatic carbocycles. The van der Waals surface area contributed by atoms with E-state index in [-0.39, 0.29) is 5.82 Å². The molecule has 20 heavy (non-hydrogen) atoms. The van der Waals surface area contributed by atoms with Gasteiger partial charge in [-0.25, -0.2) is 9.37 Å². The van der Waals surface area contributed by atoms with Gasteiger partial charge in [-0.15, -0.1) is 0 Å². The SMILES string of the molecule is COc1cccc(N(CCCN)c2ccc(F)cn2)c1. The lowest BCUT2D eigenvalue weighted by atomic mass is 10.2. The molecule has 2 N–H and O–H groups in total. The van der Waals surface area contributed by atoms with E-state index in [1.165, 1.54) is 12.3 Å². The van der Waals surface area contributed by atoms with Crippen LogP contribution >= 0.6 is 0 Å². The maximum absolute atomic E-state index is 13.0. The number of nitrogens with zero attached hydrogens (tertiary/aromatic N) is 2. The highest BCUT2D eigenvalue weighted by Crippen LogP contribution is 2.27. The van der Waals surface area contributed by atoms with Gasteiger partial charge in [-0.05, 0) is 37.2 Å². The summed E-state index contributed by atoms with van der Waals surface area (Å²) in [5.74, 6) is 1.11. The second kappa shape index (κ2) is 6.86. The average Bonchev–Trinajstić information content (AvgIpc) is 2.49. The molecular weight excluding hydrogens is 257 g/mol. The summed E-state index contributed by atoms with van der Waals surface area (Å²) in [6.45, 7) is 1.30. The molecule has 0 spiro atoms. The highest BCUT2D eigenvalue weighted by Gasteiger charge is 2.11. The van der Waals surface area contributed by atoms with Gasteiger partial charge in [-0.1, -0.05) is 6.07 Å². The van der Waals surface area contributed by atoms with Crippen LogP contribution in [0, 0.1) is 5.82 Å². The monoisotopic (exact) mass is 275 g/mol. The van der Waals surface area contributed by atoms with E-state index in [0.29, 0.717) is 18.9 Å². The van der Waals surface area contributed by atoms with Gasteiger partial charge < -0.3 is 15.4 Å². The normalized spacial score (nSPS) is 10.3. The molecule has 106 valence electrons. The lowest BCUT2D eigenvalue weighted by Gasteiger charge is -2.24. The third kappa shape index (κ3) is 3.45. The number of hydrogen-bond donors (Lipinski definition) is 1. The largest absolute Gasteiger partial charge is 0.497 e. The van der Waals surface area contributed by atoms with Crippen LogP contribution in [0.5, 0.6) is 5.75 Å². The molecule has 0 unspecified atom stereocenters. The van der Waals surface area contributed by atoms with Gasteiger partial charge in [-0.2, -0.15) is 0 Å². The van der Waals surface area contributed by atoms with Crippen molar-refractivity contribution in [3.8, 4) is 5.75 Å². The number of nitrogens with two attached hydrogens (primary N) is 1. The Balaban J connectivity index is 2.32. The van der Waals surface area contributed by atoms with Crippen molar-refractivity contribution in [2.45, 2.75) is 6.42 Å². The van der Waals surface area contributed by atoms with Crippen LogP contribution in [0.2, 0.25) is 0 Å². The molecular formula is C15H18FN3O. The van der Waals surface area contributed by atoms with E-state index in [1.54, 1.807) is 13.2 Å². The zero-order valence-corrected chi connectivity index (χ0v) is 11.4. The molecule has 0 aliphatic rings. The summed E-state index contributed by atoms with van der Waals surface area (Å²) < 4.78 is 18.2. The number of ether oxygens (including phenoxy) is 1. The smallest absolute Gasteiger partial charge is 0.141 e. The fraction of sp³-hybridized carbons (Fsp3) is 0.267. The maximum atomic E-state index is 13.0. The van der Waals surface area contributed by atoms with Gasteiger partial charge in [0.2, 0.25) is 0 Å². The van der Waals surface area contributed by atoms with Crippen molar-refractivity contribution in [1.82, 2.24) is 4.98 Å². The summed E-state index contributed by atoms with van der Waals surface area (Å²) in [4.78, 5) is 6.13. The van der Waals surface area contributed by atoms with Gasteiger partial charge >= 0.3 is 0 Å². The number of hydrogen-bond acceptors (Lipinski definition) is 4. The molecule has 0 atom stereocenters. The van der Waals surface area contributed by atoms with E-state index in [1.807, 2.05) is 29.2 Å². The molecule has 2 aromatic rings. The Hall–Kier alpha value is -2.14. The Kier molecular flexibility index (Phi) is 4.90. The lowest BCUT2D eigenvalue weighted by Crippen LogP contribution is -2.21. The Labute approximate surface area is 118 Å². The number of halogens is 1. The molecule has 1 heterocycles. The number of anilines is 2. The van der Waals surface area contributed by atoms with Crippen molar-refractivity contribution in [2.75, 3.05) is 25.1 Å². The molecule has 0 bridgehead atoms. The van der Waals surface area contributed by atoms with Gasteiger partial charge in [0.25, 0.3) is 0 Å². The predicted octanol–water partition coefficient (Wildman–Crippen LogP) is 2.72. The first-order valence-electron chi connectivity index (χ1n) is 6.48. The van der Waals surface area contributed by atoms with E-state index in [2.05, 4.69) is 4.98 Å². The van der Waals surface area contributed by atoms with Crippen LogP contribution in [0.1, 0.15) is 6.42 Å². The van der Waals surface area contributed by atoms with E-state index in [9.17, 15) is 4.39 Å². The number of rotatable bonds is 6. The standard InChI is InChI=1S/C15H18FN3O/c1-20-14-5-2-4-13(10-14)19(9-3-8-17)15-7-6-12(16)11-18-15/h2,4-7,10-11H,3,8-9,17H2,1H3. The van der Waals surface area contributed by atoms with Crippen LogP contribution in [0.4, 0.5) is 15.9 Å². The van der Waals surface area contributed by atoms with Crippen molar-refractivity contribution < 1.29 is 9.13 Å². The van der Waals surface area contributed by atoms with Crippen LogP contribution in [0.15, 0.2) is 42.6 Å². The second-order valence-electron chi connectivity index (χ2n) is 4.33. The molecule has 5 heteroatoms. The fourth-order valence-corrected chi connectivity index (χ4v) is 1.93. The van der Waals surface area contributed by atoms with Crippen LogP contribution in [0.3, 0.4) is 0 Å². The predicted molar refractivity (Wildman–Crippen MR) is 77.9 cm³/mol. The number of benzene rings is 1. The summed E-state index contributed by atoms with van der Waals surface area (Å²) in [6.07, 6.45) is 2.03. The minimum atomic E-state index is -0.349. The average molecular weight is 275 g/mol. The Morgan fingerprint density at radius 2 is 2.15 bits per heavy atom. The molecule has 0 fully saturated rings. The molecule has 0 amide bonds. The van der Waals surface area contributed by atoms with E-state index < -0.39 is 0 Å². The fourth-order valence-electron chi connectivity index (χ4n) is 1.93. The molecule has 2 rings (SSSR count). The first-order chi connectivity index (χ1) is 9.74. The molecule has 1 aromatic heterocycles. The van der Waals surface area contributed by atoms with Crippen molar-refractivity contribution in [3.63, 3.8) is 0 Å². The van der Waals surface area contributed by atoms with E-state index in [4.69, 9.17) is 10.5 Å². The maximum Gasteiger partial charge on any atom is 0.141 e. The summed E-state index contributed by atoms with van der Waals surface area (Å²) in [5, 5.41) is 0. The topological polar surface area (TPSA) is 51.4 Å². The van der Waals surface area contributed by atoms with Crippen LogP contribution in [-0.2, 0) is 0 Å². The second-order valence-corrected chi connectivity index (χ2v) is 4.33. The van der Waals surface area contributed by atoms with Gasteiger partial charge in [0.1, 0.15) is 17.4 Å². The van der Waals surface area contributed by atoms with Gasteiger partial charge in [0, 0.05) is 18.3 Å². The summed E-state index contributed by atoms with van der Waals surface area (Å²) in [7, 11) is 1.62. The van der Waals surface area contributed by atoms with Crippen molar-refractivity contribution in [2.24, 2.45) is 5.73 Å². The Bertz CT molecular complexity index is 545. The minimum absolute atomic E-state index is 0.349. The lowest BCUT2D eigenvalue weighted by molar-refractivity contribution is 0.415. The van der Waals surface area contributed by atoms with Gasteiger partial charge in [-0.3, -0.25) is 0 Å². The van der Waals surface area contributed by atoms with E-state index >= 15 is 0 Å². The van der Waals surface area contributed by atoms with E-state index in [0.717, 1.165) is 17.9 Å². The molecule has 0 aliphatic heterocycles. The Morgan fingerprint density at radius 1 is 1.30 bits per heavy atom. The zero-order chi connectivity index (χ0) is 14.4. The third-order valence-electron chi connectivity index (χ3n) is 2.94. The number of methoxy groups -OCH3 is 1. The molecule has 0 saturated heterocycles. The first-order valence-corrected chi connectivity index (χ1v) is 6.48. The van der Waals surface area contributed by atoms with Crippen LogP contribution in [0.25, 0.3) is 0 Å². The zero-order valence-electron chi connectivity index (χ0n) is 11.4. The quantitative estimate of drug-likeness (QED) is 0.880. The first kappa shape index (κ1) is 14.3. The molecule has 4 nitrogen and oxygen atoms in total. The van der Waals surface area contributed by atoms with Crippen LogP contribution < -0.4 is 15.4 Å². The summed E-state index contributed by atoms with van der Waals surface area (Å²) >= 11 is 0. The summed E-state index contributed by atoms with van der Waals surface area (Å²) in [5.41, 5.74) is 6.52. The third-order valence-corrected chi connectivity index (χ3v) is 2.94.